The zero-order valence-corrected chi connectivity index (χ0v) is 14.5. The van der Waals surface area contributed by atoms with E-state index in [0.717, 1.165) is 5.75 Å². The van der Waals surface area contributed by atoms with Crippen LogP contribution in [-0.2, 0) is 0 Å². The summed E-state index contributed by atoms with van der Waals surface area (Å²) in [6.07, 6.45) is 2.01. The Labute approximate surface area is 144 Å². The lowest BCUT2D eigenvalue weighted by atomic mass is 10.0. The van der Waals surface area contributed by atoms with Crippen LogP contribution in [-0.4, -0.2) is 24.4 Å². The Kier molecular flexibility index (Phi) is 5.54. The maximum absolute atomic E-state index is 10.3. The number of nitrogens with one attached hydrogen (secondary N) is 1. The van der Waals surface area contributed by atoms with Crippen molar-refractivity contribution in [1.29, 1.82) is 0 Å². The Morgan fingerprint density at radius 1 is 1.08 bits per heavy atom. The number of ether oxygens (including phenoxy) is 1. The molecule has 24 heavy (non-hydrogen) atoms. The van der Waals surface area contributed by atoms with Gasteiger partial charge in [0.2, 0.25) is 0 Å². The van der Waals surface area contributed by atoms with Gasteiger partial charge in [-0.2, -0.15) is 0 Å². The normalized spacial score (nSPS) is 16.6. The van der Waals surface area contributed by atoms with E-state index >= 15 is 0 Å². The summed E-state index contributed by atoms with van der Waals surface area (Å²) in [6.45, 7) is 4.96. The highest BCUT2D eigenvalue weighted by Crippen LogP contribution is 2.40. The van der Waals surface area contributed by atoms with E-state index in [-0.39, 0.29) is 0 Å². The van der Waals surface area contributed by atoms with Crippen molar-refractivity contribution in [3.05, 3.63) is 65.2 Å². The van der Waals surface area contributed by atoms with Gasteiger partial charge in [-0.05, 0) is 61.4 Å². The van der Waals surface area contributed by atoms with Crippen LogP contribution in [0.5, 0.6) is 5.75 Å². The first kappa shape index (κ1) is 17.0. The zero-order chi connectivity index (χ0) is 16.9. The Balaban J connectivity index is 1.50. The molecule has 1 fully saturated rings. The maximum atomic E-state index is 10.3. The van der Waals surface area contributed by atoms with Crippen LogP contribution in [0, 0.1) is 19.8 Å². The molecule has 1 saturated carbocycles. The Morgan fingerprint density at radius 2 is 1.75 bits per heavy atom. The highest BCUT2D eigenvalue weighted by atomic mass is 16.5. The van der Waals surface area contributed by atoms with Crippen LogP contribution < -0.4 is 10.1 Å². The third kappa shape index (κ3) is 4.83. The van der Waals surface area contributed by atoms with Gasteiger partial charge < -0.3 is 15.2 Å². The van der Waals surface area contributed by atoms with E-state index in [1.165, 1.54) is 29.5 Å². The summed E-state index contributed by atoms with van der Waals surface area (Å²) in [7, 11) is 0. The van der Waals surface area contributed by atoms with Crippen molar-refractivity contribution in [2.75, 3.05) is 13.2 Å². The van der Waals surface area contributed by atoms with Gasteiger partial charge in [0.25, 0.3) is 0 Å². The summed E-state index contributed by atoms with van der Waals surface area (Å²) in [5.74, 6) is 1.52. The molecule has 2 N–H and O–H groups in total. The lowest BCUT2D eigenvalue weighted by Crippen LogP contribution is -2.34. The average Bonchev–Trinajstić information content (AvgIpc) is 3.38. The second-order valence-electron chi connectivity index (χ2n) is 6.92. The Bertz CT molecular complexity index is 632. The second-order valence-corrected chi connectivity index (χ2v) is 6.92. The fourth-order valence-corrected chi connectivity index (χ4v) is 3.18. The zero-order valence-electron chi connectivity index (χ0n) is 14.5. The number of benzene rings is 2. The molecule has 2 atom stereocenters. The number of rotatable bonds is 8. The average molecular weight is 325 g/mol. The number of aryl methyl sites for hydroxylation is 2. The van der Waals surface area contributed by atoms with Gasteiger partial charge in [0.1, 0.15) is 18.5 Å². The van der Waals surface area contributed by atoms with Crippen molar-refractivity contribution in [3.63, 3.8) is 0 Å². The highest BCUT2D eigenvalue weighted by Gasteiger charge is 2.32. The maximum Gasteiger partial charge on any atom is 0.119 e. The lowest BCUT2D eigenvalue weighted by molar-refractivity contribution is 0.102. The van der Waals surface area contributed by atoms with Gasteiger partial charge in [-0.1, -0.05) is 36.4 Å². The van der Waals surface area contributed by atoms with E-state index < -0.39 is 6.10 Å². The fourth-order valence-electron chi connectivity index (χ4n) is 3.18. The standard InChI is InChI=1S/C21H27NO2/c1-15-10-16(2)12-20(11-15)24-14-19(23)13-22-21(18-8-9-18)17-6-4-3-5-7-17/h3-7,10-12,18-19,21-23H,8-9,13-14H2,1-2H3. The van der Waals surface area contributed by atoms with E-state index in [1.807, 2.05) is 18.2 Å². The van der Waals surface area contributed by atoms with Gasteiger partial charge in [0.05, 0.1) is 0 Å². The summed E-state index contributed by atoms with van der Waals surface area (Å²) in [5, 5.41) is 13.8. The molecule has 0 bridgehead atoms. The molecule has 3 nitrogen and oxygen atoms in total. The van der Waals surface area contributed by atoms with Gasteiger partial charge in [-0.25, -0.2) is 0 Å². The SMILES string of the molecule is Cc1cc(C)cc(OCC(O)CNC(c2ccccc2)C2CC2)c1. The molecule has 1 aliphatic carbocycles. The van der Waals surface area contributed by atoms with Crippen molar-refractivity contribution < 1.29 is 9.84 Å². The molecular formula is C21H27NO2. The van der Waals surface area contributed by atoms with Crippen molar-refractivity contribution in [2.45, 2.75) is 38.8 Å². The van der Waals surface area contributed by atoms with Crippen molar-refractivity contribution in [1.82, 2.24) is 5.32 Å². The van der Waals surface area contributed by atoms with Crippen LogP contribution >= 0.6 is 0 Å². The van der Waals surface area contributed by atoms with Crippen LogP contribution in [0.15, 0.2) is 48.5 Å². The van der Waals surface area contributed by atoms with Crippen LogP contribution in [0.1, 0.15) is 35.6 Å². The molecule has 0 aliphatic heterocycles. The molecular weight excluding hydrogens is 298 g/mol. The second kappa shape index (κ2) is 7.82. The van der Waals surface area contributed by atoms with Crippen molar-refractivity contribution in [3.8, 4) is 5.75 Å². The first-order valence-corrected chi connectivity index (χ1v) is 8.79. The minimum Gasteiger partial charge on any atom is -0.491 e. The van der Waals surface area contributed by atoms with E-state index in [0.29, 0.717) is 25.1 Å². The largest absolute Gasteiger partial charge is 0.491 e. The van der Waals surface area contributed by atoms with Gasteiger partial charge in [-0.3, -0.25) is 0 Å². The predicted molar refractivity (Wildman–Crippen MR) is 97.3 cm³/mol. The molecule has 1 aliphatic rings. The number of aliphatic hydroxyl groups excluding tert-OH is 1. The third-order valence-corrected chi connectivity index (χ3v) is 4.46. The quantitative estimate of drug-likeness (QED) is 0.776. The van der Waals surface area contributed by atoms with Crippen molar-refractivity contribution >= 4 is 0 Å². The van der Waals surface area contributed by atoms with Crippen LogP contribution in [0.25, 0.3) is 0 Å². The molecule has 0 aromatic heterocycles. The van der Waals surface area contributed by atoms with Gasteiger partial charge in [0, 0.05) is 12.6 Å². The Hall–Kier alpha value is -1.84. The van der Waals surface area contributed by atoms with Gasteiger partial charge in [0.15, 0.2) is 0 Å². The monoisotopic (exact) mass is 325 g/mol. The lowest BCUT2D eigenvalue weighted by Gasteiger charge is -2.21. The van der Waals surface area contributed by atoms with Crippen LogP contribution in [0.2, 0.25) is 0 Å². The fraction of sp³-hybridized carbons (Fsp3) is 0.429. The summed E-state index contributed by atoms with van der Waals surface area (Å²) >= 11 is 0. The molecule has 2 unspecified atom stereocenters. The van der Waals surface area contributed by atoms with Crippen LogP contribution in [0.3, 0.4) is 0 Å². The third-order valence-electron chi connectivity index (χ3n) is 4.46. The van der Waals surface area contributed by atoms with E-state index in [1.54, 1.807) is 0 Å². The molecule has 2 aromatic carbocycles. The molecule has 0 saturated heterocycles. The molecule has 2 aromatic rings. The molecule has 0 radical (unpaired) electrons. The minimum atomic E-state index is -0.518. The highest BCUT2D eigenvalue weighted by molar-refractivity contribution is 5.33. The number of hydrogen-bond donors (Lipinski definition) is 2. The topological polar surface area (TPSA) is 41.5 Å². The summed E-state index contributed by atoms with van der Waals surface area (Å²) in [5.41, 5.74) is 3.66. The van der Waals surface area contributed by atoms with E-state index in [9.17, 15) is 5.11 Å². The molecule has 0 amide bonds. The van der Waals surface area contributed by atoms with Crippen molar-refractivity contribution in [2.24, 2.45) is 5.92 Å². The molecule has 3 heteroatoms. The van der Waals surface area contributed by atoms with E-state index in [2.05, 4.69) is 49.5 Å². The molecule has 0 heterocycles. The number of hydrogen-bond acceptors (Lipinski definition) is 3. The smallest absolute Gasteiger partial charge is 0.119 e. The first-order chi connectivity index (χ1) is 11.6. The summed E-state index contributed by atoms with van der Waals surface area (Å²) in [6, 6.07) is 17.0. The van der Waals surface area contributed by atoms with Gasteiger partial charge >= 0.3 is 0 Å². The van der Waals surface area contributed by atoms with Gasteiger partial charge in [-0.15, -0.1) is 0 Å². The number of aliphatic hydroxyl groups is 1. The summed E-state index contributed by atoms with van der Waals surface area (Å²) in [4.78, 5) is 0. The molecule has 3 rings (SSSR count). The molecule has 0 spiro atoms. The predicted octanol–water partition coefficient (Wildman–Crippen LogP) is 3.78. The summed E-state index contributed by atoms with van der Waals surface area (Å²) < 4.78 is 5.75. The first-order valence-electron chi connectivity index (χ1n) is 8.79. The minimum absolute atomic E-state index is 0.308. The Morgan fingerprint density at radius 3 is 2.38 bits per heavy atom. The van der Waals surface area contributed by atoms with E-state index in [4.69, 9.17) is 4.74 Å². The van der Waals surface area contributed by atoms with Crippen LogP contribution in [0.4, 0.5) is 0 Å². The molecule has 128 valence electrons.